The lowest BCUT2D eigenvalue weighted by Crippen LogP contribution is -2.36. The highest BCUT2D eigenvalue weighted by molar-refractivity contribution is 8.03. The molecular formula is C2N6O6S. The van der Waals surface area contributed by atoms with E-state index in [1.807, 2.05) is 4.91 Å². The van der Waals surface area contributed by atoms with Gasteiger partial charge >= 0.3 is 15.3 Å². The van der Waals surface area contributed by atoms with Gasteiger partial charge < -0.3 is 4.84 Å². The predicted molar refractivity (Wildman–Crippen MR) is 39.0 cm³/mol. The summed E-state index contributed by atoms with van der Waals surface area (Å²) < 4.78 is 20.6. The first kappa shape index (κ1) is 12.4. The maximum atomic E-state index is 10.8. The van der Waals surface area contributed by atoms with Gasteiger partial charge in [-0.25, -0.2) is 14.9 Å². The van der Waals surface area contributed by atoms with Crippen LogP contribution in [0.15, 0.2) is 5.28 Å². The molecule has 0 spiro atoms. The standard InChI is InChI=1S/C2N6O6S/c3-1-7(8(10)11)15(12,13)2(9)14-6-5-4. The molecule has 12 nitrogen and oxygen atoms in total. The molecule has 0 aromatic carbocycles. The van der Waals surface area contributed by atoms with Crippen molar-refractivity contribution in [1.82, 2.24) is 4.41 Å². The van der Waals surface area contributed by atoms with Gasteiger partial charge in [0.1, 0.15) is 9.69 Å². The summed E-state index contributed by atoms with van der Waals surface area (Å²) in [4.78, 5) is 25.8. The van der Waals surface area contributed by atoms with Gasteiger partial charge in [-0.15, -0.1) is 0 Å². The number of azide groups is 1. The fourth-order valence-electron chi connectivity index (χ4n) is 0.347. The Balaban J connectivity index is 5.15. The van der Waals surface area contributed by atoms with Crippen molar-refractivity contribution >= 4 is 15.3 Å². The molecule has 0 radical (unpaired) electrons. The van der Waals surface area contributed by atoms with Gasteiger partial charge in [0.2, 0.25) is 0 Å². The molecule has 80 valence electrons. The van der Waals surface area contributed by atoms with Gasteiger partial charge in [-0.1, -0.05) is 0 Å². The number of carbonyl (C=O) groups is 1. The number of nitrogens with zero attached hydrogens (tertiary/aromatic N) is 6. The number of sulfonamides is 1. The molecule has 0 saturated heterocycles. The van der Waals surface area contributed by atoms with Crippen LogP contribution >= 0.6 is 0 Å². The van der Waals surface area contributed by atoms with Gasteiger partial charge in [-0.2, -0.15) is 13.7 Å². The first-order valence-corrected chi connectivity index (χ1v) is 4.16. The van der Waals surface area contributed by atoms with Crippen LogP contribution in [0.1, 0.15) is 0 Å². The minimum Gasteiger partial charge on any atom is -0.345 e. The van der Waals surface area contributed by atoms with Gasteiger partial charge in [0.15, 0.2) is 5.03 Å². The van der Waals surface area contributed by atoms with Gasteiger partial charge in [-0.05, 0) is 5.53 Å². The zero-order valence-corrected chi connectivity index (χ0v) is 7.36. The zero-order valence-electron chi connectivity index (χ0n) is 6.54. The molecule has 0 fully saturated rings. The second-order valence-electron chi connectivity index (χ2n) is 1.60. The number of nitro groups is 1. The Morgan fingerprint density at radius 1 is 1.73 bits per heavy atom. The maximum absolute atomic E-state index is 10.8. The van der Waals surface area contributed by atoms with E-state index in [1.54, 1.807) is 0 Å². The van der Waals surface area contributed by atoms with E-state index in [-0.39, 0.29) is 0 Å². The SMILES string of the molecule is N#CN([N+](=O)[O-])S(=O)(=O)C(=O)ON=[N+]=[N-]. The molecule has 0 rings (SSSR count). The smallest absolute Gasteiger partial charge is 0.345 e. The van der Waals surface area contributed by atoms with Crippen molar-refractivity contribution in [2.75, 3.05) is 0 Å². The molecule has 0 N–H and O–H groups in total. The molecule has 0 aromatic heterocycles. The first-order valence-electron chi connectivity index (χ1n) is 2.72. The lowest BCUT2D eigenvalue weighted by Gasteiger charge is -2.01. The van der Waals surface area contributed by atoms with E-state index in [0.29, 0.717) is 6.19 Å². The highest BCUT2D eigenvalue weighted by Crippen LogP contribution is 2.04. The Morgan fingerprint density at radius 2 is 2.27 bits per heavy atom. The minimum atomic E-state index is -5.28. The summed E-state index contributed by atoms with van der Waals surface area (Å²) >= 11 is 0. The molecule has 0 aliphatic rings. The Morgan fingerprint density at radius 3 is 2.60 bits per heavy atom. The summed E-state index contributed by atoms with van der Waals surface area (Å²) in [6.45, 7) is 0. The number of nitriles is 1. The fourth-order valence-corrected chi connectivity index (χ4v) is 0.899. The molecule has 13 heteroatoms. The number of carbonyl (C=O) groups excluding carboxylic acids is 1. The maximum Gasteiger partial charge on any atom is 0.463 e. The highest BCUT2D eigenvalue weighted by Gasteiger charge is 2.40. The van der Waals surface area contributed by atoms with E-state index in [4.69, 9.17) is 10.8 Å². The normalized spacial score (nSPS) is 9.27. The second kappa shape index (κ2) is 4.60. The third-order valence-electron chi connectivity index (χ3n) is 0.824. The lowest BCUT2D eigenvalue weighted by atomic mass is 11.4. The average molecular weight is 236 g/mol. The summed E-state index contributed by atoms with van der Waals surface area (Å²) in [7, 11) is -5.28. The molecule has 0 atom stereocenters. The van der Waals surface area contributed by atoms with Crippen LogP contribution in [0, 0.1) is 21.6 Å². The molecule has 0 aliphatic heterocycles. The van der Waals surface area contributed by atoms with Gasteiger partial charge in [-0.3, -0.25) is 0 Å². The van der Waals surface area contributed by atoms with Gasteiger partial charge in [0, 0.05) is 4.91 Å². The molecule has 0 aromatic rings. The van der Waals surface area contributed by atoms with Crippen LogP contribution in [0.2, 0.25) is 0 Å². The molecule has 0 amide bonds. The van der Waals surface area contributed by atoms with E-state index >= 15 is 0 Å². The molecule has 0 saturated carbocycles. The summed E-state index contributed by atoms with van der Waals surface area (Å²) in [6, 6.07) is 0. The minimum absolute atomic E-state index is 0.610. The average Bonchev–Trinajstić information content (AvgIpc) is 2.13. The van der Waals surface area contributed by atoms with E-state index in [1.165, 1.54) is 0 Å². The summed E-state index contributed by atoms with van der Waals surface area (Å²) in [5.41, 5.74) is 7.66. The van der Waals surface area contributed by atoms with Crippen molar-refractivity contribution in [3.05, 3.63) is 20.6 Å². The van der Waals surface area contributed by atoms with Gasteiger partial charge in [0.25, 0.3) is 6.19 Å². The van der Waals surface area contributed by atoms with Crippen molar-refractivity contribution in [2.24, 2.45) is 5.28 Å². The van der Waals surface area contributed by atoms with Crippen molar-refractivity contribution in [1.29, 1.82) is 5.26 Å². The third-order valence-corrected chi connectivity index (χ3v) is 1.99. The number of hydrogen-bond acceptors (Lipinski definition) is 8. The predicted octanol–water partition coefficient (Wildman–Crippen LogP) is -0.347. The number of hydrazine groups is 1. The van der Waals surface area contributed by atoms with Crippen molar-refractivity contribution in [3.63, 3.8) is 0 Å². The number of hydrogen-bond donors (Lipinski definition) is 0. The zero-order chi connectivity index (χ0) is 12.1. The van der Waals surface area contributed by atoms with Crippen LogP contribution in [0.5, 0.6) is 0 Å². The largest absolute Gasteiger partial charge is 0.463 e. The topological polar surface area (TPSA) is 179 Å². The Labute approximate surface area is 81.0 Å². The van der Waals surface area contributed by atoms with Crippen LogP contribution in [-0.2, 0) is 14.9 Å². The van der Waals surface area contributed by atoms with E-state index in [2.05, 4.69) is 10.1 Å². The molecule has 0 unspecified atom stereocenters. The third kappa shape index (κ3) is 2.69. The molecule has 0 heterocycles. The van der Waals surface area contributed by atoms with Crippen molar-refractivity contribution in [3.8, 4) is 6.19 Å². The summed E-state index contributed by atoms with van der Waals surface area (Å²) in [6.07, 6.45) is 0.610. The summed E-state index contributed by atoms with van der Waals surface area (Å²) in [5.74, 6) is 0. The van der Waals surface area contributed by atoms with E-state index in [9.17, 15) is 23.3 Å². The van der Waals surface area contributed by atoms with Gasteiger partial charge in [0.05, 0.1) is 0 Å². The monoisotopic (exact) mass is 236 g/mol. The Kier molecular flexibility index (Phi) is 3.81. The van der Waals surface area contributed by atoms with Crippen LogP contribution in [0.25, 0.3) is 10.4 Å². The van der Waals surface area contributed by atoms with Crippen LogP contribution in [0.3, 0.4) is 0 Å². The quantitative estimate of drug-likeness (QED) is 0.122. The van der Waals surface area contributed by atoms with Crippen LogP contribution < -0.4 is 0 Å². The van der Waals surface area contributed by atoms with E-state index in [0.717, 1.165) is 0 Å². The summed E-state index contributed by atoms with van der Waals surface area (Å²) in [5, 5.41) is 16.2. The van der Waals surface area contributed by atoms with Crippen LogP contribution in [0.4, 0.5) is 4.79 Å². The van der Waals surface area contributed by atoms with Crippen molar-refractivity contribution < 1.29 is 23.1 Å². The Hall–Kier alpha value is -2.58. The first-order chi connectivity index (χ1) is 6.87. The molecule has 15 heavy (non-hydrogen) atoms. The fraction of sp³-hybridized carbons (Fsp3) is 0. The van der Waals surface area contributed by atoms with E-state index < -0.39 is 24.8 Å². The second-order valence-corrected chi connectivity index (χ2v) is 3.23. The van der Waals surface area contributed by atoms with Crippen LogP contribution in [-0.4, -0.2) is 23.2 Å². The van der Waals surface area contributed by atoms with Crippen molar-refractivity contribution in [2.45, 2.75) is 0 Å². The highest BCUT2D eigenvalue weighted by atomic mass is 32.2. The molecule has 0 bridgehead atoms. The molecular weight excluding hydrogens is 236 g/mol. The molecule has 0 aliphatic carbocycles. The Bertz CT molecular complexity index is 466. The lowest BCUT2D eigenvalue weighted by molar-refractivity contribution is -0.601. The number of rotatable bonds is 3.